The summed E-state index contributed by atoms with van der Waals surface area (Å²) >= 11 is 0. The van der Waals surface area contributed by atoms with E-state index in [1.807, 2.05) is 37.3 Å². The second-order valence-corrected chi connectivity index (χ2v) is 5.89. The van der Waals surface area contributed by atoms with Crippen LogP contribution in [0.5, 0.6) is 5.75 Å². The number of nitrogens with one attached hydrogen (secondary N) is 2. The molecule has 0 atom stereocenters. The summed E-state index contributed by atoms with van der Waals surface area (Å²) in [7, 11) is 1.65. The fraction of sp³-hybridized carbons (Fsp3) is 0.211. The molecular formula is C19H18N2O3. The molecule has 4 rings (SSSR count). The maximum atomic E-state index is 12.4. The van der Waals surface area contributed by atoms with Gasteiger partial charge in [-0.15, -0.1) is 0 Å². The van der Waals surface area contributed by atoms with Crippen LogP contribution in [-0.2, 0) is 4.74 Å². The maximum absolute atomic E-state index is 12.4. The molecule has 5 heteroatoms. The lowest BCUT2D eigenvalue weighted by molar-refractivity contribution is 0.146. The zero-order valence-corrected chi connectivity index (χ0v) is 13.6. The van der Waals surface area contributed by atoms with E-state index in [2.05, 4.69) is 9.97 Å². The molecule has 0 bridgehead atoms. The Labute approximate surface area is 138 Å². The summed E-state index contributed by atoms with van der Waals surface area (Å²) in [6.45, 7) is 3.04. The quantitative estimate of drug-likeness (QED) is 0.565. The molecule has 0 amide bonds. The van der Waals surface area contributed by atoms with E-state index in [9.17, 15) is 4.79 Å². The molecule has 4 aromatic rings. The molecule has 0 saturated heterocycles. The van der Waals surface area contributed by atoms with Crippen molar-refractivity contribution in [3.05, 3.63) is 52.4 Å². The van der Waals surface area contributed by atoms with Gasteiger partial charge in [-0.3, -0.25) is 4.79 Å². The van der Waals surface area contributed by atoms with Gasteiger partial charge in [-0.05, 0) is 47.5 Å². The fourth-order valence-corrected chi connectivity index (χ4v) is 3.18. The SMILES string of the molecule is COCCOc1ccc2c(ccc3[nH]c4c(C)c[nH]c(=O)c4c32)c1. The summed E-state index contributed by atoms with van der Waals surface area (Å²) in [4.78, 5) is 18.6. The standard InChI is InChI=1S/C19H18N2O3/c1-11-10-20-19(22)17-16-14-5-4-13(24-8-7-23-2)9-12(14)3-6-15(16)21-18(11)17/h3-6,9-10,21H,7-8H2,1-2H3,(H,20,22). The number of aryl methyl sites for hydroxylation is 1. The number of rotatable bonds is 4. The summed E-state index contributed by atoms with van der Waals surface area (Å²) in [6, 6.07) is 9.98. The van der Waals surface area contributed by atoms with Crippen LogP contribution < -0.4 is 10.3 Å². The van der Waals surface area contributed by atoms with Crippen molar-refractivity contribution in [1.29, 1.82) is 0 Å². The van der Waals surface area contributed by atoms with Gasteiger partial charge in [0.2, 0.25) is 0 Å². The lowest BCUT2D eigenvalue weighted by atomic mass is 10.0. The molecular weight excluding hydrogens is 304 g/mol. The highest BCUT2D eigenvalue weighted by atomic mass is 16.5. The molecule has 2 aromatic heterocycles. The molecule has 0 aliphatic heterocycles. The van der Waals surface area contributed by atoms with Gasteiger partial charge in [-0.25, -0.2) is 0 Å². The maximum Gasteiger partial charge on any atom is 0.258 e. The van der Waals surface area contributed by atoms with Crippen LogP contribution >= 0.6 is 0 Å². The van der Waals surface area contributed by atoms with Gasteiger partial charge in [0, 0.05) is 24.2 Å². The van der Waals surface area contributed by atoms with Crippen molar-refractivity contribution < 1.29 is 9.47 Å². The molecule has 2 heterocycles. The second kappa shape index (κ2) is 5.69. The van der Waals surface area contributed by atoms with Gasteiger partial charge in [-0.2, -0.15) is 0 Å². The van der Waals surface area contributed by atoms with Crippen LogP contribution in [0.15, 0.2) is 41.3 Å². The van der Waals surface area contributed by atoms with E-state index in [0.717, 1.165) is 38.5 Å². The van der Waals surface area contributed by atoms with Gasteiger partial charge in [0.05, 0.1) is 17.5 Å². The predicted octanol–water partition coefficient (Wildman–Crippen LogP) is 3.50. The highest BCUT2D eigenvalue weighted by Gasteiger charge is 2.13. The average Bonchev–Trinajstić information content (AvgIpc) is 2.99. The van der Waals surface area contributed by atoms with Gasteiger partial charge in [-0.1, -0.05) is 6.07 Å². The monoisotopic (exact) mass is 322 g/mol. The Hall–Kier alpha value is -2.79. The molecule has 5 nitrogen and oxygen atoms in total. The number of fused-ring (bicyclic) bond motifs is 5. The summed E-state index contributed by atoms with van der Waals surface area (Å²) in [5.41, 5.74) is 2.80. The van der Waals surface area contributed by atoms with Crippen molar-refractivity contribution in [2.75, 3.05) is 20.3 Å². The molecule has 122 valence electrons. The van der Waals surface area contributed by atoms with E-state index in [-0.39, 0.29) is 5.56 Å². The van der Waals surface area contributed by atoms with Crippen LogP contribution in [0, 0.1) is 6.92 Å². The Morgan fingerprint density at radius 2 is 1.96 bits per heavy atom. The number of benzene rings is 2. The Morgan fingerprint density at radius 1 is 1.08 bits per heavy atom. The van der Waals surface area contributed by atoms with Gasteiger partial charge < -0.3 is 19.4 Å². The third-order valence-electron chi connectivity index (χ3n) is 4.35. The molecule has 0 saturated carbocycles. The highest BCUT2D eigenvalue weighted by Crippen LogP contribution is 2.33. The summed E-state index contributed by atoms with van der Waals surface area (Å²) < 4.78 is 10.7. The minimum absolute atomic E-state index is 0.0743. The molecule has 0 radical (unpaired) electrons. The second-order valence-electron chi connectivity index (χ2n) is 5.89. The topological polar surface area (TPSA) is 67.1 Å². The summed E-state index contributed by atoms with van der Waals surface area (Å²) in [6.07, 6.45) is 1.74. The predicted molar refractivity (Wildman–Crippen MR) is 96.0 cm³/mol. The van der Waals surface area contributed by atoms with E-state index in [0.29, 0.717) is 18.6 Å². The smallest absolute Gasteiger partial charge is 0.258 e. The lowest BCUT2D eigenvalue weighted by Gasteiger charge is -2.07. The minimum Gasteiger partial charge on any atom is -0.491 e. The molecule has 24 heavy (non-hydrogen) atoms. The van der Waals surface area contributed by atoms with Crippen LogP contribution in [0.25, 0.3) is 32.6 Å². The van der Waals surface area contributed by atoms with Gasteiger partial charge in [0.25, 0.3) is 5.56 Å². The number of hydrogen-bond acceptors (Lipinski definition) is 3. The molecule has 0 fully saturated rings. The van der Waals surface area contributed by atoms with Crippen molar-refractivity contribution in [2.24, 2.45) is 0 Å². The molecule has 0 unspecified atom stereocenters. The number of pyridine rings is 1. The van der Waals surface area contributed by atoms with E-state index < -0.39 is 0 Å². The number of hydrogen-bond donors (Lipinski definition) is 2. The van der Waals surface area contributed by atoms with Crippen LogP contribution in [0.2, 0.25) is 0 Å². The van der Waals surface area contributed by atoms with Crippen LogP contribution in [0.1, 0.15) is 5.56 Å². The normalized spacial score (nSPS) is 11.6. The Morgan fingerprint density at radius 3 is 2.79 bits per heavy atom. The number of methoxy groups -OCH3 is 1. The number of aromatic nitrogens is 2. The van der Waals surface area contributed by atoms with Crippen molar-refractivity contribution in [3.63, 3.8) is 0 Å². The van der Waals surface area contributed by atoms with Crippen molar-refractivity contribution >= 4 is 32.6 Å². The van der Waals surface area contributed by atoms with Crippen LogP contribution in [0.4, 0.5) is 0 Å². The molecule has 0 aliphatic rings. The third-order valence-corrected chi connectivity index (χ3v) is 4.35. The van der Waals surface area contributed by atoms with Crippen LogP contribution in [-0.4, -0.2) is 30.3 Å². The van der Waals surface area contributed by atoms with Crippen molar-refractivity contribution in [1.82, 2.24) is 9.97 Å². The first-order valence-corrected chi connectivity index (χ1v) is 7.87. The van der Waals surface area contributed by atoms with E-state index >= 15 is 0 Å². The highest BCUT2D eigenvalue weighted by molar-refractivity contribution is 6.20. The fourth-order valence-electron chi connectivity index (χ4n) is 3.18. The number of aromatic amines is 2. The average molecular weight is 322 g/mol. The zero-order valence-electron chi connectivity index (χ0n) is 13.6. The molecule has 0 spiro atoms. The Balaban J connectivity index is 1.96. The first-order chi connectivity index (χ1) is 11.7. The van der Waals surface area contributed by atoms with Gasteiger partial charge in [0.15, 0.2) is 0 Å². The van der Waals surface area contributed by atoms with E-state index in [1.54, 1.807) is 13.3 Å². The zero-order chi connectivity index (χ0) is 16.7. The Kier molecular flexibility index (Phi) is 3.50. The number of ether oxygens (including phenoxy) is 2. The van der Waals surface area contributed by atoms with Crippen molar-refractivity contribution in [3.8, 4) is 5.75 Å². The summed E-state index contributed by atoms with van der Waals surface area (Å²) in [5, 5.41) is 3.74. The lowest BCUT2D eigenvalue weighted by Crippen LogP contribution is -2.05. The molecule has 2 N–H and O–H groups in total. The number of H-pyrrole nitrogens is 2. The first-order valence-electron chi connectivity index (χ1n) is 7.87. The molecule has 0 aliphatic carbocycles. The molecule has 2 aromatic carbocycles. The van der Waals surface area contributed by atoms with Gasteiger partial charge in [0.1, 0.15) is 12.4 Å². The Bertz CT molecular complexity index is 1110. The third kappa shape index (κ3) is 2.25. The van der Waals surface area contributed by atoms with E-state index in [4.69, 9.17) is 9.47 Å². The van der Waals surface area contributed by atoms with Crippen LogP contribution in [0.3, 0.4) is 0 Å². The summed E-state index contributed by atoms with van der Waals surface area (Å²) in [5.74, 6) is 0.795. The largest absolute Gasteiger partial charge is 0.491 e. The van der Waals surface area contributed by atoms with Crippen molar-refractivity contribution in [2.45, 2.75) is 6.92 Å². The first kappa shape index (κ1) is 14.8. The van der Waals surface area contributed by atoms with Gasteiger partial charge >= 0.3 is 0 Å². The van der Waals surface area contributed by atoms with E-state index in [1.165, 1.54) is 0 Å². The minimum atomic E-state index is -0.0743.